The van der Waals surface area contributed by atoms with E-state index in [1.165, 1.54) is 5.41 Å². The van der Waals surface area contributed by atoms with E-state index in [0.717, 1.165) is 5.56 Å². The first-order valence-electron chi connectivity index (χ1n) is 4.86. The third-order valence-corrected chi connectivity index (χ3v) is 3.70. The van der Waals surface area contributed by atoms with E-state index in [1.807, 2.05) is 6.92 Å². The number of aromatic nitrogens is 1. The summed E-state index contributed by atoms with van der Waals surface area (Å²) in [7, 11) is -3.05. The Morgan fingerprint density at radius 3 is 2.88 bits per heavy atom. The van der Waals surface area contributed by atoms with Crippen LogP contribution in [-0.4, -0.2) is 25.2 Å². The summed E-state index contributed by atoms with van der Waals surface area (Å²) in [5.74, 6) is 0.583. The van der Waals surface area contributed by atoms with Crippen LogP contribution in [0, 0.1) is 6.92 Å². The second-order valence-corrected chi connectivity index (χ2v) is 5.79. The normalized spacial score (nSPS) is 22.2. The zero-order chi connectivity index (χ0) is 11.8. The van der Waals surface area contributed by atoms with Crippen molar-refractivity contribution >= 4 is 21.3 Å². The molecule has 1 atom stereocenters. The van der Waals surface area contributed by atoms with Crippen molar-refractivity contribution in [2.24, 2.45) is 0 Å². The molecule has 3 N–H and O–H groups in total. The van der Waals surface area contributed by atoms with Crippen LogP contribution in [0.2, 0.25) is 0 Å². The van der Waals surface area contributed by atoms with Crippen molar-refractivity contribution < 1.29 is 8.42 Å². The van der Waals surface area contributed by atoms with E-state index in [-0.39, 0.29) is 11.8 Å². The van der Waals surface area contributed by atoms with Gasteiger partial charge in [-0.2, -0.15) is 0 Å². The van der Waals surface area contributed by atoms with Crippen LogP contribution < -0.4 is 11.1 Å². The lowest BCUT2D eigenvalue weighted by Gasteiger charge is -2.12. The SMILES string of the molecule is Cc1cnc(NC2C=CS(=O)(=O)C2)c(N)c1. The Morgan fingerprint density at radius 2 is 2.31 bits per heavy atom. The molecule has 1 aromatic rings. The van der Waals surface area contributed by atoms with E-state index < -0.39 is 9.84 Å². The summed E-state index contributed by atoms with van der Waals surface area (Å²) in [6.07, 6.45) is 3.29. The number of hydrogen-bond acceptors (Lipinski definition) is 5. The second kappa shape index (κ2) is 3.79. The molecule has 0 aliphatic carbocycles. The van der Waals surface area contributed by atoms with E-state index in [2.05, 4.69) is 10.3 Å². The minimum Gasteiger partial charge on any atom is -0.396 e. The molecular weight excluding hydrogens is 226 g/mol. The smallest absolute Gasteiger partial charge is 0.173 e. The van der Waals surface area contributed by atoms with Gasteiger partial charge in [-0.05, 0) is 24.6 Å². The molecule has 16 heavy (non-hydrogen) atoms. The standard InChI is InChI=1S/C10H13N3O2S/c1-7-4-9(11)10(12-5-7)13-8-2-3-16(14,15)6-8/h2-5,8H,6,11H2,1H3,(H,12,13). The van der Waals surface area contributed by atoms with Crippen LogP contribution in [0.15, 0.2) is 23.7 Å². The third kappa shape index (κ3) is 2.33. The van der Waals surface area contributed by atoms with E-state index in [4.69, 9.17) is 5.73 Å². The number of hydrogen-bond donors (Lipinski definition) is 2. The van der Waals surface area contributed by atoms with Gasteiger partial charge in [0.15, 0.2) is 9.84 Å². The highest BCUT2D eigenvalue weighted by molar-refractivity contribution is 7.94. The molecule has 1 aromatic heterocycles. The van der Waals surface area contributed by atoms with Crippen molar-refractivity contribution in [2.75, 3.05) is 16.8 Å². The van der Waals surface area contributed by atoms with Crippen molar-refractivity contribution in [1.82, 2.24) is 4.98 Å². The minimum atomic E-state index is -3.05. The molecule has 0 saturated carbocycles. The van der Waals surface area contributed by atoms with Crippen LogP contribution in [0.1, 0.15) is 5.56 Å². The maximum Gasteiger partial charge on any atom is 0.173 e. The summed E-state index contributed by atoms with van der Waals surface area (Å²) in [5, 5.41) is 4.21. The zero-order valence-electron chi connectivity index (χ0n) is 8.84. The minimum absolute atomic E-state index is 0.0575. The molecule has 2 rings (SSSR count). The van der Waals surface area contributed by atoms with Crippen molar-refractivity contribution in [1.29, 1.82) is 0 Å². The fourth-order valence-corrected chi connectivity index (χ4v) is 2.79. The molecule has 0 fully saturated rings. The molecule has 1 unspecified atom stereocenters. The topological polar surface area (TPSA) is 85.1 Å². The van der Waals surface area contributed by atoms with E-state index in [1.54, 1.807) is 18.3 Å². The second-order valence-electron chi connectivity index (χ2n) is 3.86. The summed E-state index contributed by atoms with van der Waals surface area (Å²) < 4.78 is 22.4. The maximum atomic E-state index is 11.2. The van der Waals surface area contributed by atoms with Crippen LogP contribution in [0.25, 0.3) is 0 Å². The van der Waals surface area contributed by atoms with Gasteiger partial charge in [-0.1, -0.05) is 0 Å². The molecule has 0 amide bonds. The van der Waals surface area contributed by atoms with Crippen molar-refractivity contribution in [2.45, 2.75) is 13.0 Å². The highest BCUT2D eigenvalue weighted by Gasteiger charge is 2.22. The zero-order valence-corrected chi connectivity index (χ0v) is 9.66. The van der Waals surface area contributed by atoms with Gasteiger partial charge in [-0.3, -0.25) is 0 Å². The third-order valence-electron chi connectivity index (χ3n) is 2.31. The summed E-state index contributed by atoms with van der Waals surface area (Å²) in [4.78, 5) is 4.12. The molecule has 0 aromatic carbocycles. The lowest BCUT2D eigenvalue weighted by Crippen LogP contribution is -2.22. The Hall–Kier alpha value is -1.56. The Balaban J connectivity index is 2.14. The number of nitrogens with two attached hydrogens (primary N) is 1. The lowest BCUT2D eigenvalue weighted by molar-refractivity contribution is 0.605. The van der Waals surface area contributed by atoms with Gasteiger partial charge in [0.1, 0.15) is 5.82 Å². The fourth-order valence-electron chi connectivity index (χ4n) is 1.55. The van der Waals surface area contributed by atoms with Gasteiger partial charge in [0.25, 0.3) is 0 Å². The Kier molecular flexibility index (Phi) is 2.59. The fraction of sp³-hybridized carbons (Fsp3) is 0.300. The molecule has 0 radical (unpaired) electrons. The number of nitrogen functional groups attached to an aromatic ring is 1. The molecule has 2 heterocycles. The predicted molar refractivity (Wildman–Crippen MR) is 63.7 cm³/mol. The number of rotatable bonds is 2. The van der Waals surface area contributed by atoms with Gasteiger partial charge < -0.3 is 11.1 Å². The number of nitrogens with zero attached hydrogens (tertiary/aromatic N) is 1. The average molecular weight is 239 g/mol. The number of anilines is 2. The van der Waals surface area contributed by atoms with Crippen LogP contribution in [0.3, 0.4) is 0 Å². The van der Waals surface area contributed by atoms with Crippen molar-refractivity contribution in [3.8, 4) is 0 Å². The van der Waals surface area contributed by atoms with Gasteiger partial charge >= 0.3 is 0 Å². The van der Waals surface area contributed by atoms with Crippen LogP contribution >= 0.6 is 0 Å². The molecular formula is C10H13N3O2S. The van der Waals surface area contributed by atoms with Gasteiger partial charge in [-0.25, -0.2) is 13.4 Å². The van der Waals surface area contributed by atoms with E-state index >= 15 is 0 Å². The van der Waals surface area contributed by atoms with Gasteiger partial charge in [0.05, 0.1) is 17.5 Å². The summed E-state index contributed by atoms with van der Waals surface area (Å²) in [6.45, 7) is 1.90. The average Bonchev–Trinajstić information content (AvgIpc) is 2.51. The quantitative estimate of drug-likeness (QED) is 0.793. The predicted octanol–water partition coefficient (Wildman–Crippen LogP) is 0.695. The first-order chi connectivity index (χ1) is 7.46. The van der Waals surface area contributed by atoms with E-state index in [9.17, 15) is 8.42 Å². The molecule has 0 saturated heterocycles. The lowest BCUT2D eigenvalue weighted by atomic mass is 10.2. The Morgan fingerprint density at radius 1 is 1.56 bits per heavy atom. The summed E-state index contributed by atoms with van der Waals surface area (Å²) in [6, 6.07) is 1.55. The number of nitrogens with one attached hydrogen (secondary N) is 1. The highest BCUT2D eigenvalue weighted by Crippen LogP contribution is 2.19. The first kappa shape index (κ1) is 10.9. The van der Waals surface area contributed by atoms with E-state index in [0.29, 0.717) is 11.5 Å². The van der Waals surface area contributed by atoms with Gasteiger partial charge in [0, 0.05) is 11.6 Å². The molecule has 0 bridgehead atoms. The summed E-state index contributed by atoms with van der Waals surface area (Å²) >= 11 is 0. The van der Waals surface area contributed by atoms with Crippen molar-refractivity contribution in [3.63, 3.8) is 0 Å². The maximum absolute atomic E-state index is 11.2. The highest BCUT2D eigenvalue weighted by atomic mass is 32.2. The number of aryl methyl sites for hydroxylation is 1. The van der Waals surface area contributed by atoms with Crippen molar-refractivity contribution in [3.05, 3.63) is 29.3 Å². The van der Waals surface area contributed by atoms with Crippen LogP contribution in [0.4, 0.5) is 11.5 Å². The number of sulfone groups is 1. The first-order valence-corrected chi connectivity index (χ1v) is 6.57. The molecule has 5 nitrogen and oxygen atoms in total. The summed E-state index contributed by atoms with van der Waals surface area (Å²) in [5.41, 5.74) is 7.26. The largest absolute Gasteiger partial charge is 0.396 e. The van der Waals surface area contributed by atoms with Gasteiger partial charge in [0.2, 0.25) is 0 Å². The molecule has 1 aliphatic rings. The Bertz CT molecular complexity index is 537. The molecule has 0 spiro atoms. The Labute approximate surface area is 94.3 Å². The monoisotopic (exact) mass is 239 g/mol. The van der Waals surface area contributed by atoms with Gasteiger partial charge in [-0.15, -0.1) is 0 Å². The van der Waals surface area contributed by atoms with Crippen LogP contribution in [0.5, 0.6) is 0 Å². The van der Waals surface area contributed by atoms with Crippen LogP contribution in [-0.2, 0) is 9.84 Å². The number of pyridine rings is 1. The molecule has 1 aliphatic heterocycles. The molecule has 6 heteroatoms. The molecule has 86 valence electrons.